The van der Waals surface area contributed by atoms with Gasteiger partial charge in [-0.2, -0.15) is 0 Å². The molecule has 0 saturated carbocycles. The average Bonchev–Trinajstić information content (AvgIpc) is 2.50. The summed E-state index contributed by atoms with van der Waals surface area (Å²) in [5.41, 5.74) is 1.09. The predicted octanol–water partition coefficient (Wildman–Crippen LogP) is 4.17. The van der Waals surface area contributed by atoms with Crippen molar-refractivity contribution in [1.29, 1.82) is 0 Å². The first-order valence-corrected chi connectivity index (χ1v) is 6.56. The van der Waals surface area contributed by atoms with Crippen LogP contribution in [0.4, 0.5) is 0 Å². The number of nitrogens with zero attached hydrogens (tertiary/aromatic N) is 1. The smallest absolute Gasteiger partial charge is 0.141 e. The number of rotatable bonds is 3. The molecule has 4 heteroatoms. The molecule has 0 bridgehead atoms. The Hall–Kier alpha value is -2.26. The van der Waals surface area contributed by atoms with E-state index in [0.717, 1.165) is 5.56 Å². The lowest BCUT2D eigenvalue weighted by Gasteiger charge is -2.08. The summed E-state index contributed by atoms with van der Waals surface area (Å²) < 4.78 is 5.73. The zero-order chi connectivity index (χ0) is 13.9. The first-order chi connectivity index (χ1) is 9.74. The zero-order valence-corrected chi connectivity index (χ0v) is 11.3. The number of hydrogen-bond donors (Lipinski definition) is 1. The lowest BCUT2D eigenvalue weighted by atomic mass is 10.1. The van der Waals surface area contributed by atoms with Crippen molar-refractivity contribution in [2.24, 2.45) is 0 Å². The van der Waals surface area contributed by atoms with Crippen molar-refractivity contribution in [2.45, 2.75) is 6.61 Å². The molecule has 0 radical (unpaired) electrons. The molecular weight excluding hydrogens is 274 g/mol. The predicted molar refractivity (Wildman–Crippen MR) is 79.2 cm³/mol. The summed E-state index contributed by atoms with van der Waals surface area (Å²) in [6.45, 7) is 0.482. The summed E-state index contributed by atoms with van der Waals surface area (Å²) >= 11 is 6.04. The van der Waals surface area contributed by atoms with Gasteiger partial charge in [0.25, 0.3) is 0 Å². The molecule has 0 aliphatic rings. The van der Waals surface area contributed by atoms with Crippen LogP contribution in [0.2, 0.25) is 5.15 Å². The molecule has 3 rings (SSSR count). The summed E-state index contributed by atoms with van der Waals surface area (Å²) in [5, 5.41) is 11.4. The van der Waals surface area contributed by atoms with Crippen LogP contribution in [0.25, 0.3) is 10.8 Å². The maximum Gasteiger partial charge on any atom is 0.141 e. The maximum absolute atomic E-state index is 9.73. The number of ether oxygens (including phenoxy) is 1. The molecule has 0 saturated heterocycles. The minimum absolute atomic E-state index is 0.110. The Morgan fingerprint density at radius 2 is 1.85 bits per heavy atom. The SMILES string of the molecule is Oc1cnc(Cl)c2cc(OCc3ccccc3)ccc12. The standard InChI is InChI=1S/C16H12ClNO2/c17-16-14-8-12(6-7-13(14)15(19)9-18-16)20-10-11-4-2-1-3-5-11/h1-9,19H,10H2. The van der Waals surface area contributed by atoms with Gasteiger partial charge in [0.15, 0.2) is 0 Å². The second kappa shape index (κ2) is 5.39. The van der Waals surface area contributed by atoms with Gasteiger partial charge in [-0.3, -0.25) is 0 Å². The molecule has 100 valence electrons. The van der Waals surface area contributed by atoms with Crippen LogP contribution in [-0.2, 0) is 6.61 Å². The van der Waals surface area contributed by atoms with E-state index in [1.807, 2.05) is 30.3 Å². The van der Waals surface area contributed by atoms with E-state index in [4.69, 9.17) is 16.3 Å². The molecule has 0 unspecified atom stereocenters. The molecular formula is C16H12ClNO2. The largest absolute Gasteiger partial charge is 0.506 e. The van der Waals surface area contributed by atoms with E-state index in [9.17, 15) is 5.11 Å². The Balaban J connectivity index is 1.88. The molecule has 0 fully saturated rings. The van der Waals surface area contributed by atoms with Gasteiger partial charge in [-0.05, 0) is 23.8 Å². The first-order valence-electron chi connectivity index (χ1n) is 6.18. The van der Waals surface area contributed by atoms with Crippen LogP contribution in [-0.4, -0.2) is 10.1 Å². The third-order valence-corrected chi connectivity index (χ3v) is 3.34. The third-order valence-electron chi connectivity index (χ3n) is 3.04. The summed E-state index contributed by atoms with van der Waals surface area (Å²) in [4.78, 5) is 3.93. The lowest BCUT2D eigenvalue weighted by Crippen LogP contribution is -1.95. The molecule has 1 N–H and O–H groups in total. The topological polar surface area (TPSA) is 42.4 Å². The van der Waals surface area contributed by atoms with Crippen molar-refractivity contribution in [2.75, 3.05) is 0 Å². The van der Waals surface area contributed by atoms with Crippen LogP contribution >= 0.6 is 11.6 Å². The van der Waals surface area contributed by atoms with Crippen molar-refractivity contribution >= 4 is 22.4 Å². The number of hydrogen-bond acceptors (Lipinski definition) is 3. The van der Waals surface area contributed by atoms with Gasteiger partial charge in [0.1, 0.15) is 23.3 Å². The van der Waals surface area contributed by atoms with Crippen LogP contribution in [0.5, 0.6) is 11.5 Å². The summed E-state index contributed by atoms with van der Waals surface area (Å²) in [6.07, 6.45) is 1.34. The molecule has 0 atom stereocenters. The Morgan fingerprint density at radius 1 is 1.05 bits per heavy atom. The van der Waals surface area contributed by atoms with E-state index in [0.29, 0.717) is 28.3 Å². The fourth-order valence-electron chi connectivity index (χ4n) is 2.00. The first kappa shape index (κ1) is 12.8. The fourth-order valence-corrected chi connectivity index (χ4v) is 2.21. The minimum Gasteiger partial charge on any atom is -0.506 e. The van der Waals surface area contributed by atoms with Gasteiger partial charge in [-0.15, -0.1) is 0 Å². The van der Waals surface area contributed by atoms with Gasteiger partial charge >= 0.3 is 0 Å². The quantitative estimate of drug-likeness (QED) is 0.734. The zero-order valence-electron chi connectivity index (χ0n) is 10.6. The van der Waals surface area contributed by atoms with E-state index in [-0.39, 0.29) is 5.75 Å². The van der Waals surface area contributed by atoms with Gasteiger partial charge in [0, 0.05) is 10.8 Å². The van der Waals surface area contributed by atoms with Crippen LogP contribution in [0.15, 0.2) is 54.7 Å². The molecule has 2 aromatic carbocycles. The Morgan fingerprint density at radius 3 is 2.65 bits per heavy atom. The highest BCUT2D eigenvalue weighted by Crippen LogP contribution is 2.31. The molecule has 0 aliphatic heterocycles. The Kier molecular flexibility index (Phi) is 3.44. The van der Waals surface area contributed by atoms with Gasteiger partial charge in [0.05, 0.1) is 6.20 Å². The van der Waals surface area contributed by atoms with Crippen LogP contribution < -0.4 is 4.74 Å². The number of halogens is 1. The normalized spacial score (nSPS) is 10.7. The molecule has 0 spiro atoms. The molecule has 3 nitrogen and oxygen atoms in total. The lowest BCUT2D eigenvalue weighted by molar-refractivity contribution is 0.306. The average molecular weight is 286 g/mol. The Bertz CT molecular complexity index is 744. The van der Waals surface area contributed by atoms with Crippen molar-refractivity contribution in [3.8, 4) is 11.5 Å². The second-order valence-corrected chi connectivity index (χ2v) is 4.77. The highest BCUT2D eigenvalue weighted by molar-refractivity contribution is 6.34. The fraction of sp³-hybridized carbons (Fsp3) is 0.0625. The monoisotopic (exact) mass is 285 g/mol. The number of benzene rings is 2. The molecule has 20 heavy (non-hydrogen) atoms. The highest BCUT2D eigenvalue weighted by atomic mass is 35.5. The summed E-state index contributed by atoms with van der Waals surface area (Å²) in [7, 11) is 0. The van der Waals surface area contributed by atoms with Crippen molar-refractivity contribution in [3.63, 3.8) is 0 Å². The molecule has 0 aliphatic carbocycles. The van der Waals surface area contributed by atoms with E-state index < -0.39 is 0 Å². The maximum atomic E-state index is 9.73. The van der Waals surface area contributed by atoms with E-state index >= 15 is 0 Å². The number of pyridine rings is 1. The summed E-state index contributed by atoms with van der Waals surface area (Å²) in [5.74, 6) is 0.801. The van der Waals surface area contributed by atoms with Crippen molar-refractivity contribution < 1.29 is 9.84 Å². The Labute approximate surface area is 121 Å². The molecule has 0 amide bonds. The van der Waals surface area contributed by atoms with Gasteiger partial charge in [0.2, 0.25) is 0 Å². The number of aromatic hydroxyl groups is 1. The summed E-state index contributed by atoms with van der Waals surface area (Å²) in [6, 6.07) is 15.3. The van der Waals surface area contributed by atoms with Crippen LogP contribution in [0, 0.1) is 0 Å². The van der Waals surface area contributed by atoms with Crippen molar-refractivity contribution in [1.82, 2.24) is 4.98 Å². The third kappa shape index (κ3) is 2.53. The number of aromatic nitrogens is 1. The van der Waals surface area contributed by atoms with Gasteiger partial charge < -0.3 is 9.84 Å². The van der Waals surface area contributed by atoms with Crippen molar-refractivity contribution in [3.05, 3.63) is 65.4 Å². The number of fused-ring (bicyclic) bond motifs is 1. The van der Waals surface area contributed by atoms with Crippen LogP contribution in [0.3, 0.4) is 0 Å². The van der Waals surface area contributed by atoms with E-state index in [1.165, 1.54) is 6.20 Å². The molecule has 3 aromatic rings. The molecule has 1 heterocycles. The van der Waals surface area contributed by atoms with E-state index in [1.54, 1.807) is 18.2 Å². The minimum atomic E-state index is 0.110. The van der Waals surface area contributed by atoms with Gasteiger partial charge in [-0.25, -0.2) is 4.98 Å². The molecule has 1 aromatic heterocycles. The highest BCUT2D eigenvalue weighted by Gasteiger charge is 2.06. The second-order valence-electron chi connectivity index (χ2n) is 4.42. The van der Waals surface area contributed by atoms with Crippen LogP contribution in [0.1, 0.15) is 5.56 Å². The van der Waals surface area contributed by atoms with E-state index in [2.05, 4.69) is 4.98 Å². The van der Waals surface area contributed by atoms with Gasteiger partial charge in [-0.1, -0.05) is 41.9 Å².